The Morgan fingerprint density at radius 2 is 2.00 bits per heavy atom. The largest absolute Gasteiger partial charge is 0.312 e. The predicted molar refractivity (Wildman–Crippen MR) is 40.7 cm³/mol. The van der Waals surface area contributed by atoms with Gasteiger partial charge in [0.25, 0.3) is 0 Å². The monoisotopic (exact) mass is 163 g/mol. The Morgan fingerprint density at radius 3 is 2.40 bits per heavy atom. The molecular formula is C6H13NO2S. The normalized spacial score (nSPS) is 39.4. The summed E-state index contributed by atoms with van der Waals surface area (Å²) in [6.45, 7) is 4.27. The minimum atomic E-state index is -2.77. The molecule has 1 rings (SSSR count). The van der Waals surface area contributed by atoms with Crippen LogP contribution in [0.15, 0.2) is 0 Å². The van der Waals surface area contributed by atoms with Crippen molar-refractivity contribution in [3.05, 3.63) is 0 Å². The average Bonchev–Trinajstić information content (AvgIpc) is 1.83. The van der Waals surface area contributed by atoms with Crippen LogP contribution in [0.1, 0.15) is 13.8 Å². The molecule has 1 fully saturated rings. The van der Waals surface area contributed by atoms with Gasteiger partial charge in [0.1, 0.15) is 0 Å². The van der Waals surface area contributed by atoms with E-state index in [1.807, 2.05) is 6.92 Å². The van der Waals surface area contributed by atoms with Crippen LogP contribution in [0.25, 0.3) is 0 Å². The lowest BCUT2D eigenvalue weighted by atomic mass is 10.2. The second-order valence-corrected chi connectivity index (χ2v) is 5.29. The number of nitrogens with one attached hydrogen (secondary N) is 1. The summed E-state index contributed by atoms with van der Waals surface area (Å²) in [7, 11) is -2.77. The van der Waals surface area contributed by atoms with E-state index in [1.165, 1.54) is 0 Å². The van der Waals surface area contributed by atoms with Crippen molar-refractivity contribution in [3.63, 3.8) is 0 Å². The summed E-state index contributed by atoms with van der Waals surface area (Å²) in [6.07, 6.45) is 0. The third-order valence-electron chi connectivity index (χ3n) is 2.12. The Balaban J connectivity index is 2.80. The van der Waals surface area contributed by atoms with E-state index < -0.39 is 9.84 Å². The molecule has 0 radical (unpaired) electrons. The molecule has 3 nitrogen and oxygen atoms in total. The van der Waals surface area contributed by atoms with Crippen molar-refractivity contribution in [2.45, 2.75) is 25.1 Å². The van der Waals surface area contributed by atoms with Gasteiger partial charge in [0, 0.05) is 12.6 Å². The van der Waals surface area contributed by atoms with Crippen molar-refractivity contribution >= 4 is 9.84 Å². The first-order valence-corrected chi connectivity index (χ1v) is 5.20. The van der Waals surface area contributed by atoms with Crippen LogP contribution < -0.4 is 5.32 Å². The van der Waals surface area contributed by atoms with E-state index in [2.05, 4.69) is 5.32 Å². The SMILES string of the molecule is CC1NCCS(=O)(=O)C1C. The molecule has 0 bridgehead atoms. The maximum Gasteiger partial charge on any atom is 0.155 e. The van der Waals surface area contributed by atoms with Crippen molar-refractivity contribution in [1.82, 2.24) is 5.32 Å². The van der Waals surface area contributed by atoms with E-state index in [0.717, 1.165) is 0 Å². The second-order valence-electron chi connectivity index (χ2n) is 2.81. The van der Waals surface area contributed by atoms with Crippen molar-refractivity contribution in [2.24, 2.45) is 0 Å². The first-order chi connectivity index (χ1) is 4.54. The quantitative estimate of drug-likeness (QED) is 0.537. The molecule has 1 saturated heterocycles. The molecule has 1 aliphatic rings. The van der Waals surface area contributed by atoms with E-state index in [9.17, 15) is 8.42 Å². The Labute approximate surface area is 61.7 Å². The summed E-state index contributed by atoms with van der Waals surface area (Å²) < 4.78 is 22.3. The Bertz CT molecular complexity index is 210. The van der Waals surface area contributed by atoms with Crippen molar-refractivity contribution in [2.75, 3.05) is 12.3 Å². The van der Waals surface area contributed by atoms with Gasteiger partial charge in [0.15, 0.2) is 9.84 Å². The maximum atomic E-state index is 11.2. The van der Waals surface area contributed by atoms with Crippen LogP contribution in [-0.2, 0) is 9.84 Å². The molecule has 0 aliphatic carbocycles. The molecule has 0 aromatic rings. The minimum absolute atomic E-state index is 0.110. The zero-order valence-corrected chi connectivity index (χ0v) is 7.11. The topological polar surface area (TPSA) is 46.2 Å². The lowest BCUT2D eigenvalue weighted by Gasteiger charge is -2.26. The standard InChI is InChI=1S/C6H13NO2S/c1-5-6(2)10(8,9)4-3-7-5/h5-7H,3-4H2,1-2H3. The van der Waals surface area contributed by atoms with Gasteiger partial charge in [-0.3, -0.25) is 0 Å². The van der Waals surface area contributed by atoms with Crippen LogP contribution in [0, 0.1) is 0 Å². The summed E-state index contributed by atoms with van der Waals surface area (Å²) in [5.74, 6) is 0.290. The summed E-state index contributed by atoms with van der Waals surface area (Å²) in [5.41, 5.74) is 0. The molecule has 10 heavy (non-hydrogen) atoms. The first-order valence-electron chi connectivity index (χ1n) is 3.49. The van der Waals surface area contributed by atoms with Crippen LogP contribution in [0.2, 0.25) is 0 Å². The predicted octanol–water partition coefficient (Wildman–Crippen LogP) is -0.219. The van der Waals surface area contributed by atoms with Gasteiger partial charge in [0.2, 0.25) is 0 Å². The zero-order valence-electron chi connectivity index (χ0n) is 6.29. The molecule has 0 aromatic carbocycles. The van der Waals surface area contributed by atoms with Crippen molar-refractivity contribution in [3.8, 4) is 0 Å². The minimum Gasteiger partial charge on any atom is -0.312 e. The van der Waals surface area contributed by atoms with E-state index in [-0.39, 0.29) is 11.3 Å². The van der Waals surface area contributed by atoms with Gasteiger partial charge in [-0.25, -0.2) is 8.42 Å². The van der Waals surface area contributed by atoms with Crippen LogP contribution in [0.4, 0.5) is 0 Å². The fourth-order valence-corrected chi connectivity index (χ4v) is 2.58. The maximum absolute atomic E-state index is 11.2. The summed E-state index contributed by atoms with van der Waals surface area (Å²) in [6, 6.07) is 0.110. The first kappa shape index (κ1) is 8.01. The van der Waals surface area contributed by atoms with Crippen molar-refractivity contribution in [1.29, 1.82) is 0 Å². The van der Waals surface area contributed by atoms with Crippen LogP contribution in [-0.4, -0.2) is 32.0 Å². The molecule has 1 N–H and O–H groups in total. The molecule has 60 valence electrons. The lowest BCUT2D eigenvalue weighted by molar-refractivity contribution is 0.493. The molecular weight excluding hydrogens is 150 g/mol. The van der Waals surface area contributed by atoms with Gasteiger partial charge < -0.3 is 5.32 Å². The summed E-state index contributed by atoms with van der Waals surface area (Å²) in [4.78, 5) is 0. The Kier molecular flexibility index (Phi) is 2.01. The zero-order chi connectivity index (χ0) is 7.78. The van der Waals surface area contributed by atoms with Gasteiger partial charge in [-0.15, -0.1) is 0 Å². The fourth-order valence-electron chi connectivity index (χ4n) is 1.09. The highest BCUT2D eigenvalue weighted by atomic mass is 32.2. The van der Waals surface area contributed by atoms with Crippen molar-refractivity contribution < 1.29 is 8.42 Å². The van der Waals surface area contributed by atoms with E-state index in [0.29, 0.717) is 12.3 Å². The number of hydrogen-bond acceptors (Lipinski definition) is 3. The molecule has 0 saturated carbocycles. The van der Waals surface area contributed by atoms with Gasteiger partial charge in [-0.1, -0.05) is 0 Å². The summed E-state index contributed by atoms with van der Waals surface area (Å²) in [5, 5.41) is 2.89. The molecule has 4 heteroatoms. The van der Waals surface area contributed by atoms with E-state index in [1.54, 1.807) is 6.92 Å². The highest BCUT2D eigenvalue weighted by Crippen LogP contribution is 2.10. The highest BCUT2D eigenvalue weighted by Gasteiger charge is 2.29. The number of rotatable bonds is 0. The summed E-state index contributed by atoms with van der Waals surface area (Å²) >= 11 is 0. The van der Waals surface area contributed by atoms with Gasteiger partial charge >= 0.3 is 0 Å². The lowest BCUT2D eigenvalue weighted by Crippen LogP contribution is -2.49. The Morgan fingerprint density at radius 1 is 1.40 bits per heavy atom. The molecule has 2 unspecified atom stereocenters. The van der Waals surface area contributed by atoms with Crippen LogP contribution >= 0.6 is 0 Å². The third-order valence-corrected chi connectivity index (χ3v) is 4.44. The second kappa shape index (κ2) is 2.51. The fraction of sp³-hybridized carbons (Fsp3) is 1.00. The van der Waals surface area contributed by atoms with E-state index in [4.69, 9.17) is 0 Å². The van der Waals surface area contributed by atoms with E-state index >= 15 is 0 Å². The Hall–Kier alpha value is -0.0900. The molecule has 0 spiro atoms. The van der Waals surface area contributed by atoms with Crippen LogP contribution in [0.3, 0.4) is 0 Å². The molecule has 0 aromatic heterocycles. The third kappa shape index (κ3) is 1.32. The molecule has 1 aliphatic heterocycles. The molecule has 0 amide bonds. The van der Waals surface area contributed by atoms with Gasteiger partial charge in [-0.05, 0) is 13.8 Å². The highest BCUT2D eigenvalue weighted by molar-refractivity contribution is 7.92. The number of hydrogen-bond donors (Lipinski definition) is 1. The molecule has 1 heterocycles. The smallest absolute Gasteiger partial charge is 0.155 e. The number of sulfone groups is 1. The van der Waals surface area contributed by atoms with Gasteiger partial charge in [-0.2, -0.15) is 0 Å². The van der Waals surface area contributed by atoms with Gasteiger partial charge in [0.05, 0.1) is 11.0 Å². The molecule has 2 atom stereocenters. The van der Waals surface area contributed by atoms with Crippen LogP contribution in [0.5, 0.6) is 0 Å². The average molecular weight is 163 g/mol.